The number of ether oxygens (including phenoxy) is 7. The highest BCUT2D eigenvalue weighted by molar-refractivity contribution is 5.68. The molecule has 0 radical (unpaired) electrons. The summed E-state index contributed by atoms with van der Waals surface area (Å²) >= 11 is 0. The van der Waals surface area contributed by atoms with Gasteiger partial charge in [0.15, 0.2) is 6.29 Å². The highest BCUT2D eigenvalue weighted by atomic mass is 16.7. The maximum atomic E-state index is 13.3. The molecule has 10 nitrogen and oxygen atoms in total. The number of rotatable bonds is 32. The standard InChI is InChI=1S/C57H81NO9/c1-5-6-7-8-9-10-11-12-13-14-15-16-29-38-50(59)49(58-56(60)67-57(2,3)4)43-65-55-54(64-42-48-36-27-20-28-37-48)53(63-41-47-34-25-19-26-35-47)52(62-40-46-32-23-18-24-33-46)51(66-55)44-61-39-45-30-21-17-22-31-45/h17-28,30-37,49-55,59H,5-16,29,38-44H2,1-4H3,(H,58,60)/t49-,50+,51+,52-,53-,54+,55-/m0/s1. The first-order valence-electron chi connectivity index (χ1n) is 25.2. The van der Waals surface area contributed by atoms with Crippen LogP contribution in [0.5, 0.6) is 0 Å². The Morgan fingerprint density at radius 3 is 1.45 bits per heavy atom. The smallest absolute Gasteiger partial charge is 0.408 e. The van der Waals surface area contributed by atoms with E-state index in [1.165, 1.54) is 64.2 Å². The molecule has 1 fully saturated rings. The monoisotopic (exact) mass is 924 g/mol. The lowest BCUT2D eigenvalue weighted by atomic mass is 9.97. The van der Waals surface area contributed by atoms with E-state index in [2.05, 4.69) is 12.2 Å². The minimum absolute atomic E-state index is 0.0761. The second kappa shape index (κ2) is 31.1. The number of hydrogen-bond donors (Lipinski definition) is 2. The zero-order valence-electron chi connectivity index (χ0n) is 40.9. The fraction of sp³-hybridized carbons (Fsp3) is 0.561. The van der Waals surface area contributed by atoms with Crippen LogP contribution in [-0.2, 0) is 59.6 Å². The molecule has 1 heterocycles. The van der Waals surface area contributed by atoms with E-state index in [1.54, 1.807) is 0 Å². The van der Waals surface area contributed by atoms with Crippen molar-refractivity contribution in [3.8, 4) is 0 Å². The Bertz CT molecular complexity index is 1850. The van der Waals surface area contributed by atoms with Crippen LogP contribution in [0.1, 0.15) is 140 Å². The van der Waals surface area contributed by atoms with E-state index in [9.17, 15) is 9.90 Å². The van der Waals surface area contributed by atoms with Crippen LogP contribution in [0.15, 0.2) is 121 Å². The topological polar surface area (TPSA) is 114 Å². The summed E-state index contributed by atoms with van der Waals surface area (Å²) in [6.07, 6.45) is 11.2. The maximum Gasteiger partial charge on any atom is 0.408 e. The number of amides is 1. The summed E-state index contributed by atoms with van der Waals surface area (Å²) in [5, 5.41) is 14.7. The fourth-order valence-electron chi connectivity index (χ4n) is 8.36. The van der Waals surface area contributed by atoms with Crippen LogP contribution >= 0.6 is 0 Å². The third-order valence-electron chi connectivity index (χ3n) is 12.1. The molecule has 0 unspecified atom stereocenters. The van der Waals surface area contributed by atoms with E-state index in [-0.39, 0.29) is 26.4 Å². The number of carbonyl (C=O) groups excluding carboxylic acids is 1. The highest BCUT2D eigenvalue weighted by Gasteiger charge is 2.49. The van der Waals surface area contributed by atoms with Crippen molar-refractivity contribution in [3.63, 3.8) is 0 Å². The van der Waals surface area contributed by atoms with Crippen LogP contribution in [0.4, 0.5) is 4.79 Å². The van der Waals surface area contributed by atoms with Crippen molar-refractivity contribution >= 4 is 6.09 Å². The van der Waals surface area contributed by atoms with Crippen molar-refractivity contribution in [2.24, 2.45) is 0 Å². The first kappa shape index (κ1) is 53.8. The number of carbonyl (C=O) groups is 1. The minimum Gasteiger partial charge on any atom is -0.444 e. The van der Waals surface area contributed by atoms with Gasteiger partial charge in [0, 0.05) is 0 Å². The lowest BCUT2D eigenvalue weighted by molar-refractivity contribution is -0.329. The number of unbranched alkanes of at least 4 members (excludes halogenated alkanes) is 12. The van der Waals surface area contributed by atoms with Gasteiger partial charge in [0.1, 0.15) is 30.0 Å². The zero-order chi connectivity index (χ0) is 47.4. The molecule has 4 aromatic carbocycles. The molecule has 0 aliphatic carbocycles. The number of nitrogens with one attached hydrogen (secondary N) is 1. The molecule has 368 valence electrons. The predicted octanol–water partition coefficient (Wildman–Crippen LogP) is 12.4. The molecule has 1 amide bonds. The van der Waals surface area contributed by atoms with E-state index in [1.807, 2.05) is 142 Å². The molecule has 1 aliphatic heterocycles. The summed E-state index contributed by atoms with van der Waals surface area (Å²) < 4.78 is 46.2. The number of aliphatic hydroxyl groups excluding tert-OH is 1. The average Bonchev–Trinajstić information content (AvgIpc) is 3.33. The van der Waals surface area contributed by atoms with Crippen molar-refractivity contribution < 1.29 is 43.1 Å². The van der Waals surface area contributed by atoms with Gasteiger partial charge in [0.2, 0.25) is 0 Å². The molecule has 7 atom stereocenters. The summed E-state index contributed by atoms with van der Waals surface area (Å²) in [5.74, 6) is 0. The fourth-order valence-corrected chi connectivity index (χ4v) is 8.36. The van der Waals surface area contributed by atoms with Gasteiger partial charge in [0.25, 0.3) is 0 Å². The Hall–Kier alpha value is -4.13. The molecule has 4 aromatic rings. The number of benzene rings is 4. The summed E-state index contributed by atoms with van der Waals surface area (Å²) in [7, 11) is 0. The molecular weight excluding hydrogens is 843 g/mol. The Balaban J connectivity index is 1.34. The summed E-state index contributed by atoms with van der Waals surface area (Å²) in [4.78, 5) is 13.3. The number of hydrogen-bond acceptors (Lipinski definition) is 9. The van der Waals surface area contributed by atoms with Crippen LogP contribution in [-0.4, -0.2) is 72.9 Å². The van der Waals surface area contributed by atoms with Crippen molar-refractivity contribution in [1.82, 2.24) is 5.32 Å². The quantitative estimate of drug-likeness (QED) is 0.0462. The molecule has 1 aliphatic rings. The van der Waals surface area contributed by atoms with E-state index >= 15 is 0 Å². The van der Waals surface area contributed by atoms with Gasteiger partial charge in [-0.3, -0.25) is 0 Å². The van der Waals surface area contributed by atoms with Gasteiger partial charge in [0.05, 0.1) is 51.8 Å². The summed E-state index contributed by atoms with van der Waals surface area (Å²) in [6, 6.07) is 39.2. The molecule has 67 heavy (non-hydrogen) atoms. The third kappa shape index (κ3) is 21.4. The normalized spacial score (nSPS) is 19.4. The third-order valence-corrected chi connectivity index (χ3v) is 12.1. The molecule has 1 saturated heterocycles. The maximum absolute atomic E-state index is 13.3. The molecule has 0 spiro atoms. The van der Waals surface area contributed by atoms with E-state index in [0.717, 1.165) is 41.5 Å². The van der Waals surface area contributed by atoms with Crippen LogP contribution in [0.25, 0.3) is 0 Å². The molecule has 0 aromatic heterocycles. The van der Waals surface area contributed by atoms with Crippen LogP contribution < -0.4 is 5.32 Å². The van der Waals surface area contributed by atoms with E-state index in [4.69, 9.17) is 33.2 Å². The first-order chi connectivity index (χ1) is 32.7. The van der Waals surface area contributed by atoms with Crippen molar-refractivity contribution in [2.45, 2.75) is 192 Å². The number of aliphatic hydroxyl groups is 1. The van der Waals surface area contributed by atoms with Crippen molar-refractivity contribution in [2.75, 3.05) is 13.2 Å². The van der Waals surface area contributed by atoms with Gasteiger partial charge in [-0.25, -0.2) is 4.79 Å². The Morgan fingerprint density at radius 2 is 0.985 bits per heavy atom. The molecule has 0 bridgehead atoms. The Labute approximate surface area is 402 Å². The van der Waals surface area contributed by atoms with Crippen LogP contribution in [0, 0.1) is 0 Å². The van der Waals surface area contributed by atoms with Crippen molar-refractivity contribution in [3.05, 3.63) is 144 Å². The Morgan fingerprint density at radius 1 is 0.567 bits per heavy atom. The van der Waals surface area contributed by atoms with Crippen molar-refractivity contribution in [1.29, 1.82) is 0 Å². The lowest BCUT2D eigenvalue weighted by Gasteiger charge is -2.46. The van der Waals surface area contributed by atoms with Crippen LogP contribution in [0.3, 0.4) is 0 Å². The summed E-state index contributed by atoms with van der Waals surface area (Å²) in [5.41, 5.74) is 3.26. The molecule has 0 saturated carbocycles. The van der Waals surface area contributed by atoms with Gasteiger partial charge in [-0.2, -0.15) is 0 Å². The second-order valence-corrected chi connectivity index (χ2v) is 19.0. The second-order valence-electron chi connectivity index (χ2n) is 19.0. The molecular formula is C57H81NO9. The SMILES string of the molecule is CCCCCCCCCCCCCCC[C@@H](O)[C@H](CO[C@H]1O[C@H](COCc2ccccc2)[C@H](OCc2ccccc2)[C@H](OCc2ccccc2)[C@H]1OCc1ccccc1)NC(=O)OC(C)(C)C. The van der Waals surface area contributed by atoms with Gasteiger partial charge in [-0.15, -0.1) is 0 Å². The van der Waals surface area contributed by atoms with Gasteiger partial charge in [-0.1, -0.05) is 212 Å². The largest absolute Gasteiger partial charge is 0.444 e. The molecule has 2 N–H and O–H groups in total. The highest BCUT2D eigenvalue weighted by Crippen LogP contribution is 2.32. The number of alkyl carbamates (subject to hydrolysis) is 1. The van der Waals surface area contributed by atoms with Gasteiger partial charge < -0.3 is 43.6 Å². The predicted molar refractivity (Wildman–Crippen MR) is 265 cm³/mol. The molecule has 5 rings (SSSR count). The van der Waals surface area contributed by atoms with Gasteiger partial charge >= 0.3 is 6.09 Å². The van der Waals surface area contributed by atoms with Crippen LogP contribution in [0.2, 0.25) is 0 Å². The lowest BCUT2D eigenvalue weighted by Crippen LogP contribution is -2.62. The van der Waals surface area contributed by atoms with E-state index in [0.29, 0.717) is 19.6 Å². The van der Waals surface area contributed by atoms with E-state index < -0.39 is 54.5 Å². The average molecular weight is 924 g/mol. The summed E-state index contributed by atoms with van der Waals surface area (Å²) in [6.45, 7) is 9.02. The molecule has 10 heteroatoms. The van der Waals surface area contributed by atoms with Gasteiger partial charge in [-0.05, 0) is 49.4 Å². The Kier molecular flexibility index (Phi) is 25.0. The minimum atomic E-state index is -1.00. The zero-order valence-corrected chi connectivity index (χ0v) is 40.9. The first-order valence-corrected chi connectivity index (χ1v) is 25.2.